The van der Waals surface area contributed by atoms with Gasteiger partial charge in [-0.25, -0.2) is 4.98 Å². The predicted octanol–water partition coefficient (Wildman–Crippen LogP) is 4.40. The first kappa shape index (κ1) is 18.8. The number of benzene rings is 1. The standard InChI is InChI=1S/C20H28N4OS/c1-3-12-24-15-11-21-20(24)26-16(2)19(25)22-17-7-9-18(10-8-17)23-13-5-4-6-14-23/h7-11,15-16H,3-6,12-14H2,1-2H3,(H,22,25). The van der Waals surface area contributed by atoms with Crippen LogP contribution in [0.3, 0.4) is 0 Å². The molecule has 1 fully saturated rings. The number of amides is 1. The highest BCUT2D eigenvalue weighted by molar-refractivity contribution is 8.00. The fraction of sp³-hybridized carbons (Fsp3) is 0.500. The fourth-order valence-corrected chi connectivity index (χ4v) is 4.08. The van der Waals surface area contributed by atoms with Gasteiger partial charge >= 0.3 is 0 Å². The van der Waals surface area contributed by atoms with E-state index in [0.29, 0.717) is 0 Å². The van der Waals surface area contributed by atoms with Gasteiger partial charge in [-0.15, -0.1) is 0 Å². The van der Waals surface area contributed by atoms with Gasteiger partial charge in [0.15, 0.2) is 5.16 Å². The molecular formula is C20H28N4OS. The second kappa shape index (κ2) is 9.12. The van der Waals surface area contributed by atoms with Crippen LogP contribution in [0.4, 0.5) is 11.4 Å². The van der Waals surface area contributed by atoms with Gasteiger partial charge < -0.3 is 14.8 Å². The number of aryl methyl sites for hydroxylation is 1. The van der Waals surface area contributed by atoms with E-state index >= 15 is 0 Å². The first-order valence-electron chi connectivity index (χ1n) is 9.51. The van der Waals surface area contributed by atoms with Crippen molar-refractivity contribution < 1.29 is 4.79 Å². The van der Waals surface area contributed by atoms with E-state index < -0.39 is 0 Å². The maximum Gasteiger partial charge on any atom is 0.237 e. The molecule has 1 amide bonds. The van der Waals surface area contributed by atoms with E-state index in [1.165, 1.54) is 36.7 Å². The third-order valence-corrected chi connectivity index (χ3v) is 5.77. The molecule has 0 spiro atoms. The number of hydrogen-bond acceptors (Lipinski definition) is 4. The summed E-state index contributed by atoms with van der Waals surface area (Å²) in [6.45, 7) is 7.24. The van der Waals surface area contributed by atoms with Gasteiger partial charge in [-0.1, -0.05) is 18.7 Å². The zero-order chi connectivity index (χ0) is 18.4. The Kier molecular flexibility index (Phi) is 6.61. The Bertz CT molecular complexity index is 707. The Balaban J connectivity index is 1.55. The van der Waals surface area contributed by atoms with Gasteiger partial charge in [-0.3, -0.25) is 4.79 Å². The van der Waals surface area contributed by atoms with E-state index in [1.807, 2.05) is 25.3 Å². The van der Waals surface area contributed by atoms with Crippen molar-refractivity contribution in [3.05, 3.63) is 36.7 Å². The van der Waals surface area contributed by atoms with Gasteiger partial charge in [0.1, 0.15) is 0 Å². The highest BCUT2D eigenvalue weighted by Crippen LogP contribution is 2.25. The van der Waals surface area contributed by atoms with Gasteiger partial charge in [0, 0.05) is 43.4 Å². The third kappa shape index (κ3) is 4.81. The van der Waals surface area contributed by atoms with Crippen molar-refractivity contribution in [3.8, 4) is 0 Å². The van der Waals surface area contributed by atoms with Crippen LogP contribution in [-0.2, 0) is 11.3 Å². The van der Waals surface area contributed by atoms with Crippen molar-refractivity contribution in [1.29, 1.82) is 0 Å². The minimum atomic E-state index is -0.199. The average molecular weight is 373 g/mol. The van der Waals surface area contributed by atoms with Crippen molar-refractivity contribution >= 4 is 29.0 Å². The molecule has 1 aliphatic heterocycles. The van der Waals surface area contributed by atoms with Crippen LogP contribution in [0.5, 0.6) is 0 Å². The molecule has 0 bridgehead atoms. The van der Waals surface area contributed by atoms with E-state index in [9.17, 15) is 4.79 Å². The van der Waals surface area contributed by atoms with Gasteiger partial charge in [0.2, 0.25) is 5.91 Å². The number of aromatic nitrogens is 2. The average Bonchev–Trinajstić information content (AvgIpc) is 3.10. The summed E-state index contributed by atoms with van der Waals surface area (Å²) >= 11 is 1.50. The third-order valence-electron chi connectivity index (χ3n) is 4.65. The molecule has 2 heterocycles. The molecule has 1 N–H and O–H groups in total. The number of nitrogens with zero attached hydrogens (tertiary/aromatic N) is 3. The van der Waals surface area contributed by atoms with Crippen LogP contribution in [0, 0.1) is 0 Å². The first-order valence-corrected chi connectivity index (χ1v) is 10.4. The second-order valence-corrected chi connectivity index (χ2v) is 8.06. The van der Waals surface area contributed by atoms with Crippen molar-refractivity contribution in [1.82, 2.24) is 9.55 Å². The Hall–Kier alpha value is -1.95. The number of rotatable bonds is 7. The monoisotopic (exact) mass is 372 g/mol. The molecular weight excluding hydrogens is 344 g/mol. The number of carbonyl (C=O) groups excluding carboxylic acids is 1. The normalized spacial score (nSPS) is 15.7. The lowest BCUT2D eigenvalue weighted by atomic mass is 10.1. The zero-order valence-electron chi connectivity index (χ0n) is 15.6. The Morgan fingerprint density at radius 2 is 1.96 bits per heavy atom. The number of thioether (sulfide) groups is 1. The SMILES string of the molecule is CCCn1ccnc1SC(C)C(=O)Nc1ccc(N2CCCCC2)cc1. The number of nitrogens with one attached hydrogen (secondary N) is 1. The number of hydrogen-bond donors (Lipinski definition) is 1. The predicted molar refractivity (Wildman–Crippen MR) is 109 cm³/mol. The van der Waals surface area contributed by atoms with Crippen molar-refractivity contribution in [3.63, 3.8) is 0 Å². The number of imidazole rings is 1. The fourth-order valence-electron chi connectivity index (χ4n) is 3.19. The zero-order valence-corrected chi connectivity index (χ0v) is 16.5. The highest BCUT2D eigenvalue weighted by Gasteiger charge is 2.17. The molecule has 2 aromatic rings. The van der Waals surface area contributed by atoms with E-state index in [2.05, 4.69) is 38.8 Å². The molecule has 0 radical (unpaired) electrons. The van der Waals surface area contributed by atoms with Crippen LogP contribution < -0.4 is 10.2 Å². The van der Waals surface area contributed by atoms with Crippen molar-refractivity contribution in [2.45, 2.75) is 56.5 Å². The quantitative estimate of drug-likeness (QED) is 0.732. The summed E-state index contributed by atoms with van der Waals surface area (Å²) in [6, 6.07) is 8.20. The molecule has 0 aliphatic carbocycles. The molecule has 0 saturated carbocycles. The highest BCUT2D eigenvalue weighted by atomic mass is 32.2. The van der Waals surface area contributed by atoms with Gasteiger partial charge in [0.05, 0.1) is 5.25 Å². The molecule has 3 rings (SSSR count). The van der Waals surface area contributed by atoms with Crippen LogP contribution in [0.25, 0.3) is 0 Å². The summed E-state index contributed by atoms with van der Waals surface area (Å²) in [5.41, 5.74) is 2.09. The van der Waals surface area contributed by atoms with Crippen molar-refractivity contribution in [2.24, 2.45) is 0 Å². The summed E-state index contributed by atoms with van der Waals surface area (Å²) in [4.78, 5) is 19.3. The molecule has 140 valence electrons. The van der Waals surface area contributed by atoms with Crippen molar-refractivity contribution in [2.75, 3.05) is 23.3 Å². The minimum absolute atomic E-state index is 0.00627. The molecule has 1 saturated heterocycles. The van der Waals surface area contributed by atoms with E-state index in [1.54, 1.807) is 6.20 Å². The lowest BCUT2D eigenvalue weighted by Gasteiger charge is -2.28. The smallest absolute Gasteiger partial charge is 0.237 e. The van der Waals surface area contributed by atoms with Crippen LogP contribution in [0.2, 0.25) is 0 Å². The largest absolute Gasteiger partial charge is 0.372 e. The molecule has 1 aromatic heterocycles. The second-order valence-electron chi connectivity index (χ2n) is 6.75. The van der Waals surface area contributed by atoms with Crippen LogP contribution in [-0.4, -0.2) is 33.8 Å². The maximum absolute atomic E-state index is 12.5. The summed E-state index contributed by atoms with van der Waals surface area (Å²) in [7, 11) is 0. The molecule has 5 nitrogen and oxygen atoms in total. The van der Waals surface area contributed by atoms with Crippen LogP contribution in [0.15, 0.2) is 41.8 Å². The van der Waals surface area contributed by atoms with Crippen LogP contribution in [0.1, 0.15) is 39.5 Å². The minimum Gasteiger partial charge on any atom is -0.372 e. The molecule has 1 aromatic carbocycles. The summed E-state index contributed by atoms with van der Waals surface area (Å²) in [5, 5.41) is 3.72. The summed E-state index contributed by atoms with van der Waals surface area (Å²) in [6.07, 6.45) is 8.67. The molecule has 26 heavy (non-hydrogen) atoms. The molecule has 1 aliphatic rings. The first-order chi connectivity index (χ1) is 12.7. The van der Waals surface area contributed by atoms with Gasteiger partial charge in [-0.05, 0) is 56.9 Å². The molecule has 1 atom stereocenters. The number of anilines is 2. The number of piperidine rings is 1. The lowest BCUT2D eigenvalue weighted by Crippen LogP contribution is -2.29. The maximum atomic E-state index is 12.5. The Morgan fingerprint density at radius 1 is 1.23 bits per heavy atom. The van der Waals surface area contributed by atoms with Gasteiger partial charge in [0.25, 0.3) is 0 Å². The summed E-state index contributed by atoms with van der Waals surface area (Å²) < 4.78 is 2.10. The van der Waals surface area contributed by atoms with E-state index in [0.717, 1.165) is 36.9 Å². The van der Waals surface area contributed by atoms with Crippen LogP contribution >= 0.6 is 11.8 Å². The molecule has 1 unspecified atom stereocenters. The Labute approximate surface area is 160 Å². The van der Waals surface area contributed by atoms with E-state index in [4.69, 9.17) is 0 Å². The molecule has 6 heteroatoms. The van der Waals surface area contributed by atoms with E-state index in [-0.39, 0.29) is 11.2 Å². The summed E-state index contributed by atoms with van der Waals surface area (Å²) in [5.74, 6) is 0.00627. The van der Waals surface area contributed by atoms with Gasteiger partial charge in [-0.2, -0.15) is 0 Å². The topological polar surface area (TPSA) is 50.2 Å². The lowest BCUT2D eigenvalue weighted by molar-refractivity contribution is -0.115. The number of carbonyl (C=O) groups is 1. The Morgan fingerprint density at radius 3 is 2.65 bits per heavy atom.